The number of esters is 4. The fraction of sp³-hybridized carbons (Fsp3) is 0.809. The average molecular weight is 867 g/mol. The Kier molecular flexibility index (Phi) is 12.1. The zero-order chi connectivity index (χ0) is 45.4. The van der Waals surface area contributed by atoms with Crippen molar-refractivity contribution < 1.29 is 52.8 Å². The van der Waals surface area contributed by atoms with Gasteiger partial charge in [0.2, 0.25) is 5.91 Å². The van der Waals surface area contributed by atoms with E-state index < -0.39 is 59.9 Å². The molecule has 0 bridgehead atoms. The van der Waals surface area contributed by atoms with Crippen molar-refractivity contribution in [1.82, 2.24) is 20.3 Å². The molecular formula is C47H70N4O11. The monoisotopic (exact) mass is 867 g/mol. The normalized spacial score (nSPS) is 40.5. The number of aliphatic hydroxyl groups excluding tert-OH is 1. The zero-order valence-corrected chi connectivity index (χ0v) is 38.7. The van der Waals surface area contributed by atoms with Gasteiger partial charge in [0.15, 0.2) is 24.5 Å². The number of aromatic nitrogens is 3. The number of allylic oxidation sites excluding steroid dienone is 2. The molecule has 13 atom stereocenters. The van der Waals surface area contributed by atoms with Crippen molar-refractivity contribution in [3.8, 4) is 0 Å². The molecule has 0 unspecified atom stereocenters. The van der Waals surface area contributed by atoms with Crippen molar-refractivity contribution in [3.05, 3.63) is 23.5 Å². The number of fused-ring (bicyclic) bond motifs is 7. The van der Waals surface area contributed by atoms with E-state index in [0.29, 0.717) is 17.5 Å². The van der Waals surface area contributed by atoms with Gasteiger partial charge in [-0.2, -0.15) is 0 Å². The van der Waals surface area contributed by atoms with Crippen LogP contribution in [-0.4, -0.2) is 87.0 Å². The van der Waals surface area contributed by atoms with Gasteiger partial charge in [-0.3, -0.25) is 24.0 Å². The van der Waals surface area contributed by atoms with Crippen LogP contribution in [0.3, 0.4) is 0 Å². The molecule has 0 aromatic carbocycles. The molecule has 4 saturated carbocycles. The highest BCUT2D eigenvalue weighted by Gasteiger charge is 2.69. The summed E-state index contributed by atoms with van der Waals surface area (Å²) in [5, 5.41) is 23.1. The second-order valence-electron chi connectivity index (χ2n) is 21.7. The number of nitrogens with one attached hydrogen (secondary N) is 1. The molecule has 1 saturated heterocycles. The number of nitrogens with zero attached hydrogens (tertiary/aromatic N) is 3. The zero-order valence-electron chi connectivity index (χ0n) is 38.7. The summed E-state index contributed by atoms with van der Waals surface area (Å²) in [4.78, 5) is 63.7. The lowest BCUT2D eigenvalue weighted by Gasteiger charge is -2.71. The Morgan fingerprint density at radius 3 is 2.11 bits per heavy atom. The summed E-state index contributed by atoms with van der Waals surface area (Å²) in [6.07, 6.45) is 6.93. The second kappa shape index (κ2) is 16.3. The molecule has 2 heterocycles. The maximum absolute atomic E-state index is 14.9. The Bertz CT molecular complexity index is 1980. The van der Waals surface area contributed by atoms with E-state index in [4.69, 9.17) is 23.7 Å². The molecule has 6 aliphatic rings. The lowest BCUT2D eigenvalue weighted by Crippen LogP contribution is -2.65. The Labute approximate surface area is 366 Å². The van der Waals surface area contributed by atoms with Gasteiger partial charge in [0.25, 0.3) is 0 Å². The number of carbonyl (C=O) groups excluding carboxylic acids is 5. The summed E-state index contributed by atoms with van der Waals surface area (Å²) in [6.45, 7) is 21.2. The Balaban J connectivity index is 1.14. The van der Waals surface area contributed by atoms with Gasteiger partial charge in [0, 0.05) is 27.7 Å². The summed E-state index contributed by atoms with van der Waals surface area (Å²) in [5.74, 6) is -1.75. The van der Waals surface area contributed by atoms with Gasteiger partial charge in [-0.05, 0) is 109 Å². The molecule has 15 heteroatoms. The summed E-state index contributed by atoms with van der Waals surface area (Å²) >= 11 is 0. The van der Waals surface area contributed by atoms with Crippen molar-refractivity contribution in [2.24, 2.45) is 50.2 Å². The standard InChI is InChI=1S/C47H70N4O11/c1-26(52)58-25-33-37(59-27(2)53)38(60-28(3)54)39(61-29(4)55)40(62-33)51-24-30(49-50-51)23-48-41(57)47-20-18-42(5,6)22-32(47)31-12-13-35-44(9)16-15-36(56)43(7,8)34(44)14-17-46(35,11)45(31,10)19-21-47/h12,24,32-40,56H,13-23,25H2,1-11H3,(H,48,57)/t32-,33+,34-,35+,36-,37+,38-,39-,40-,44-,45+,46+,47-/m0/s1. The van der Waals surface area contributed by atoms with E-state index in [1.165, 1.54) is 31.0 Å². The Morgan fingerprint density at radius 2 is 1.45 bits per heavy atom. The predicted molar refractivity (Wildman–Crippen MR) is 224 cm³/mol. The van der Waals surface area contributed by atoms with Gasteiger partial charge >= 0.3 is 23.9 Å². The van der Waals surface area contributed by atoms with Crippen LogP contribution in [0.15, 0.2) is 17.8 Å². The smallest absolute Gasteiger partial charge is 0.303 e. The number of ether oxygens (including phenoxy) is 5. The van der Waals surface area contributed by atoms with Gasteiger partial charge in [-0.15, -0.1) is 5.10 Å². The van der Waals surface area contributed by atoms with Crippen LogP contribution in [-0.2, 0) is 54.2 Å². The van der Waals surface area contributed by atoms with Gasteiger partial charge in [-0.25, -0.2) is 4.68 Å². The molecule has 5 aliphatic carbocycles. The predicted octanol–water partition coefficient (Wildman–Crippen LogP) is 6.31. The molecule has 0 spiro atoms. The topological polar surface area (TPSA) is 194 Å². The van der Waals surface area contributed by atoms with Crippen LogP contribution >= 0.6 is 0 Å². The third-order valence-corrected chi connectivity index (χ3v) is 17.3. The van der Waals surface area contributed by atoms with Crippen molar-refractivity contribution in [3.63, 3.8) is 0 Å². The summed E-state index contributed by atoms with van der Waals surface area (Å²) in [7, 11) is 0. The number of aliphatic hydroxyl groups is 1. The van der Waals surface area contributed by atoms with Crippen LogP contribution in [0.25, 0.3) is 0 Å². The molecule has 15 nitrogen and oxygen atoms in total. The van der Waals surface area contributed by atoms with Crippen molar-refractivity contribution in [1.29, 1.82) is 0 Å². The van der Waals surface area contributed by atoms with E-state index >= 15 is 0 Å². The third kappa shape index (κ3) is 7.78. The average Bonchev–Trinajstić information content (AvgIpc) is 3.64. The highest BCUT2D eigenvalue weighted by Crippen LogP contribution is 2.75. The Morgan fingerprint density at radius 1 is 0.806 bits per heavy atom. The third-order valence-electron chi connectivity index (χ3n) is 17.3. The number of hydrogen-bond acceptors (Lipinski definition) is 13. The summed E-state index contributed by atoms with van der Waals surface area (Å²) in [5.41, 5.74) is 1.39. The van der Waals surface area contributed by atoms with Gasteiger partial charge < -0.3 is 34.1 Å². The van der Waals surface area contributed by atoms with Gasteiger partial charge in [0.1, 0.15) is 18.4 Å². The van der Waals surface area contributed by atoms with E-state index in [2.05, 4.69) is 70.2 Å². The minimum absolute atomic E-state index is 0.00811. The van der Waals surface area contributed by atoms with Crippen LogP contribution in [0.2, 0.25) is 0 Å². The fourth-order valence-corrected chi connectivity index (χ4v) is 13.9. The highest BCUT2D eigenvalue weighted by atomic mass is 16.7. The molecule has 1 aliphatic heterocycles. The number of hydrogen-bond donors (Lipinski definition) is 2. The molecule has 5 fully saturated rings. The fourth-order valence-electron chi connectivity index (χ4n) is 13.9. The largest absolute Gasteiger partial charge is 0.463 e. The van der Waals surface area contributed by atoms with Crippen LogP contribution in [0, 0.1) is 50.2 Å². The van der Waals surface area contributed by atoms with Crippen molar-refractivity contribution in [2.45, 2.75) is 184 Å². The molecule has 2 N–H and O–H groups in total. The molecule has 1 aromatic rings. The molecule has 344 valence electrons. The summed E-state index contributed by atoms with van der Waals surface area (Å²) in [6, 6.07) is 0. The minimum atomic E-state index is -1.36. The number of carbonyl (C=O) groups is 5. The van der Waals surface area contributed by atoms with E-state index in [0.717, 1.165) is 71.1 Å². The van der Waals surface area contributed by atoms with Crippen LogP contribution in [0.1, 0.15) is 152 Å². The quantitative estimate of drug-likeness (QED) is 0.159. The van der Waals surface area contributed by atoms with E-state index in [1.807, 2.05) is 0 Å². The molecule has 7 rings (SSSR count). The second-order valence-corrected chi connectivity index (χ2v) is 21.7. The first-order valence-electron chi connectivity index (χ1n) is 22.8. The van der Waals surface area contributed by atoms with E-state index in [1.54, 1.807) is 6.20 Å². The van der Waals surface area contributed by atoms with Gasteiger partial charge in [0.05, 0.1) is 24.3 Å². The van der Waals surface area contributed by atoms with Crippen LogP contribution < -0.4 is 5.32 Å². The molecule has 0 radical (unpaired) electrons. The van der Waals surface area contributed by atoms with E-state index in [9.17, 15) is 29.1 Å². The van der Waals surface area contributed by atoms with Crippen LogP contribution in [0.5, 0.6) is 0 Å². The lowest BCUT2D eigenvalue weighted by molar-refractivity contribution is -0.270. The number of rotatable bonds is 9. The minimum Gasteiger partial charge on any atom is -0.463 e. The van der Waals surface area contributed by atoms with Crippen molar-refractivity contribution >= 4 is 29.8 Å². The van der Waals surface area contributed by atoms with Crippen LogP contribution in [0.4, 0.5) is 0 Å². The first kappa shape index (κ1) is 46.2. The molecule has 1 aromatic heterocycles. The number of amides is 1. The highest BCUT2D eigenvalue weighted by molar-refractivity contribution is 5.84. The molecular weight excluding hydrogens is 797 g/mol. The summed E-state index contributed by atoms with van der Waals surface area (Å²) < 4.78 is 29.6. The van der Waals surface area contributed by atoms with Crippen molar-refractivity contribution in [2.75, 3.05) is 6.61 Å². The Hall–Kier alpha value is -3.85. The lowest BCUT2D eigenvalue weighted by atomic mass is 9.33. The maximum Gasteiger partial charge on any atom is 0.303 e. The van der Waals surface area contributed by atoms with E-state index in [-0.39, 0.29) is 58.2 Å². The molecule has 1 amide bonds. The first-order valence-corrected chi connectivity index (χ1v) is 22.8. The maximum atomic E-state index is 14.9. The molecule has 62 heavy (non-hydrogen) atoms. The van der Waals surface area contributed by atoms with Gasteiger partial charge in [-0.1, -0.05) is 65.3 Å². The SMILES string of the molecule is CC(=O)OC[C@H]1O[C@H](n2cc(CNC(=O)[C@]34CCC(C)(C)C[C@H]3C3=CC[C@@H]5[C@@]6(C)CC[C@H](O)C(C)(C)[C@@H]6CC[C@@]5(C)[C@]3(C)CC4)nn2)[C@@H](OC(C)=O)[C@@H](OC(C)=O)[C@@H]1OC(C)=O. The first-order chi connectivity index (χ1) is 28.9.